The first-order chi connectivity index (χ1) is 22.0. The van der Waals surface area contributed by atoms with Crippen molar-refractivity contribution in [2.45, 2.75) is 121 Å². The maximum absolute atomic E-state index is 13.9. The molecule has 2 fully saturated rings. The van der Waals surface area contributed by atoms with Crippen LogP contribution in [0.1, 0.15) is 84.6 Å². The van der Waals surface area contributed by atoms with Gasteiger partial charge in [-0.3, -0.25) is 18.9 Å². The molecule has 1 saturated heterocycles. The van der Waals surface area contributed by atoms with E-state index in [1.807, 2.05) is 6.07 Å². The molecular formula is C32H50N4O10S. The lowest BCUT2D eigenvalue weighted by Gasteiger charge is -2.33. The summed E-state index contributed by atoms with van der Waals surface area (Å²) in [6.07, 6.45) is 3.13. The first kappa shape index (κ1) is 38.2. The molecule has 1 unspecified atom stereocenters. The molecule has 14 nitrogen and oxygen atoms in total. The van der Waals surface area contributed by atoms with Crippen molar-refractivity contribution >= 4 is 33.9 Å². The van der Waals surface area contributed by atoms with Crippen LogP contribution in [0.5, 0.6) is 0 Å². The van der Waals surface area contributed by atoms with Gasteiger partial charge in [0.15, 0.2) is 0 Å². The van der Waals surface area contributed by atoms with Crippen LogP contribution < -0.4 is 21.3 Å². The number of nitrogens with one attached hydrogen (secondary N) is 4. The summed E-state index contributed by atoms with van der Waals surface area (Å²) >= 11 is 0. The standard InChI is InChI=1S/C32H50N4O10S/c1-20(46-32(2,3)4)26(36-31(41)45-19-22-13-9-6-10-14-22)29(39)34-24(17-21-11-7-5-8-12-21)28(38)35-25(30(40)47(42,43)44)18-23-15-16-33-27(23)37/h6,9-10,13-14,20-21,23-26,30,40H,5,7-8,11-12,15-19H2,1-4H3,(H,33,37)(H,34,39)(H,35,38)(H,36,41)(H,42,43,44)/t20-,23+,24+,25+,26+,30?/m1/s1. The fourth-order valence-electron chi connectivity index (χ4n) is 6.08. The molecule has 1 heterocycles. The number of alkyl carbamates (subject to hydrolysis) is 1. The van der Waals surface area contributed by atoms with Gasteiger partial charge in [-0.15, -0.1) is 0 Å². The fourth-order valence-corrected chi connectivity index (χ4v) is 6.67. The number of hydrogen-bond donors (Lipinski definition) is 6. The molecule has 47 heavy (non-hydrogen) atoms. The predicted molar refractivity (Wildman–Crippen MR) is 172 cm³/mol. The van der Waals surface area contributed by atoms with Crippen molar-refractivity contribution in [3.63, 3.8) is 0 Å². The third kappa shape index (κ3) is 12.7. The molecule has 1 aromatic carbocycles. The Labute approximate surface area is 276 Å². The zero-order valence-corrected chi connectivity index (χ0v) is 28.4. The molecule has 1 saturated carbocycles. The highest BCUT2D eigenvalue weighted by Crippen LogP contribution is 2.28. The lowest BCUT2D eigenvalue weighted by molar-refractivity contribution is -0.136. The quantitative estimate of drug-likeness (QED) is 0.149. The minimum absolute atomic E-state index is 0.0429. The Bertz CT molecular complexity index is 1310. The number of aliphatic hydroxyl groups excluding tert-OH is 1. The molecular weight excluding hydrogens is 632 g/mol. The Morgan fingerprint density at radius 1 is 0.979 bits per heavy atom. The van der Waals surface area contributed by atoms with E-state index in [1.54, 1.807) is 52.0 Å². The van der Waals surface area contributed by atoms with E-state index in [9.17, 15) is 37.3 Å². The average Bonchev–Trinajstić information content (AvgIpc) is 3.41. The second-order valence-electron chi connectivity index (χ2n) is 13.5. The van der Waals surface area contributed by atoms with E-state index in [0.29, 0.717) is 13.0 Å². The van der Waals surface area contributed by atoms with E-state index in [4.69, 9.17) is 9.47 Å². The summed E-state index contributed by atoms with van der Waals surface area (Å²) in [6.45, 7) is 7.28. The maximum atomic E-state index is 13.9. The van der Waals surface area contributed by atoms with E-state index in [-0.39, 0.29) is 31.3 Å². The van der Waals surface area contributed by atoms with Crippen LogP contribution in [0.3, 0.4) is 0 Å². The SMILES string of the molecule is C[C@@H](OC(C)(C)C)[C@H](NC(=O)OCc1ccccc1)C(=O)N[C@@H](CC1CCCCC1)C(=O)N[C@@H](C[C@@H]1CCNC1=O)C(O)S(=O)(=O)O. The van der Waals surface area contributed by atoms with E-state index >= 15 is 0 Å². The molecule has 1 aliphatic heterocycles. The van der Waals surface area contributed by atoms with E-state index < -0.39 is 69.2 Å². The molecule has 264 valence electrons. The molecule has 15 heteroatoms. The monoisotopic (exact) mass is 682 g/mol. The van der Waals surface area contributed by atoms with Gasteiger partial charge in [-0.1, -0.05) is 62.4 Å². The summed E-state index contributed by atoms with van der Waals surface area (Å²) in [5, 5.41) is 20.9. The van der Waals surface area contributed by atoms with Crippen molar-refractivity contribution in [2.24, 2.45) is 11.8 Å². The topological polar surface area (TPSA) is 209 Å². The second kappa shape index (κ2) is 17.2. The Morgan fingerprint density at radius 3 is 2.21 bits per heavy atom. The van der Waals surface area contributed by atoms with Crippen molar-refractivity contribution in [1.82, 2.24) is 21.3 Å². The minimum atomic E-state index is -5.02. The highest BCUT2D eigenvalue weighted by atomic mass is 32.2. The van der Waals surface area contributed by atoms with Crippen LogP contribution in [-0.4, -0.2) is 83.7 Å². The summed E-state index contributed by atoms with van der Waals surface area (Å²) in [5.74, 6) is -2.54. The van der Waals surface area contributed by atoms with Crippen molar-refractivity contribution in [3.05, 3.63) is 35.9 Å². The van der Waals surface area contributed by atoms with Gasteiger partial charge in [0.1, 0.15) is 18.7 Å². The normalized spacial score (nSPS) is 20.6. The summed E-state index contributed by atoms with van der Waals surface area (Å²) < 4.78 is 44.8. The van der Waals surface area contributed by atoms with Gasteiger partial charge < -0.3 is 35.8 Å². The number of carbonyl (C=O) groups is 4. The highest BCUT2D eigenvalue weighted by Gasteiger charge is 2.39. The fraction of sp³-hybridized carbons (Fsp3) is 0.688. The molecule has 0 radical (unpaired) electrons. The smallest absolute Gasteiger partial charge is 0.408 e. The van der Waals surface area contributed by atoms with Crippen LogP contribution in [0.15, 0.2) is 30.3 Å². The van der Waals surface area contributed by atoms with Gasteiger partial charge in [0.05, 0.1) is 17.7 Å². The molecule has 3 rings (SSSR count). The van der Waals surface area contributed by atoms with Crippen LogP contribution >= 0.6 is 0 Å². The molecule has 6 N–H and O–H groups in total. The zero-order valence-electron chi connectivity index (χ0n) is 27.6. The number of amides is 4. The number of aliphatic hydroxyl groups is 1. The van der Waals surface area contributed by atoms with E-state index in [1.165, 1.54) is 0 Å². The van der Waals surface area contributed by atoms with Crippen LogP contribution in [0.2, 0.25) is 0 Å². The number of benzene rings is 1. The number of hydrogen-bond acceptors (Lipinski definition) is 9. The lowest BCUT2D eigenvalue weighted by Crippen LogP contribution is -2.60. The van der Waals surface area contributed by atoms with Crippen molar-refractivity contribution in [2.75, 3.05) is 6.54 Å². The van der Waals surface area contributed by atoms with Gasteiger partial charge in [0.25, 0.3) is 10.1 Å². The Kier molecular flexibility index (Phi) is 14.0. The summed E-state index contributed by atoms with van der Waals surface area (Å²) in [7, 11) is -5.02. The predicted octanol–water partition coefficient (Wildman–Crippen LogP) is 2.16. The molecule has 0 spiro atoms. The van der Waals surface area contributed by atoms with Crippen LogP contribution in [0, 0.1) is 11.8 Å². The average molecular weight is 683 g/mol. The van der Waals surface area contributed by atoms with Crippen LogP contribution in [0.25, 0.3) is 0 Å². The lowest BCUT2D eigenvalue weighted by atomic mass is 9.84. The van der Waals surface area contributed by atoms with E-state index in [2.05, 4.69) is 21.3 Å². The van der Waals surface area contributed by atoms with Gasteiger partial charge >= 0.3 is 6.09 Å². The number of ether oxygens (including phenoxy) is 2. The third-order valence-corrected chi connectivity index (χ3v) is 9.32. The largest absolute Gasteiger partial charge is 0.445 e. The Hall–Kier alpha value is -3.27. The molecule has 0 bridgehead atoms. The van der Waals surface area contributed by atoms with Gasteiger partial charge in [-0.05, 0) is 58.4 Å². The van der Waals surface area contributed by atoms with Crippen molar-refractivity contribution < 1.29 is 46.7 Å². The van der Waals surface area contributed by atoms with Gasteiger partial charge in [-0.25, -0.2) is 4.79 Å². The summed E-state index contributed by atoms with van der Waals surface area (Å²) in [4.78, 5) is 52.7. The van der Waals surface area contributed by atoms with Crippen LogP contribution in [-0.2, 0) is 40.6 Å². The minimum Gasteiger partial charge on any atom is -0.445 e. The number of rotatable bonds is 15. The zero-order chi connectivity index (χ0) is 34.8. The van der Waals surface area contributed by atoms with Crippen LogP contribution in [0.4, 0.5) is 4.79 Å². The molecule has 0 aromatic heterocycles. The molecule has 4 amide bonds. The van der Waals surface area contributed by atoms with Crippen molar-refractivity contribution in [1.29, 1.82) is 0 Å². The first-order valence-corrected chi connectivity index (χ1v) is 17.7. The second-order valence-corrected chi connectivity index (χ2v) is 15.0. The molecule has 1 aliphatic carbocycles. The molecule has 2 aliphatic rings. The number of carbonyl (C=O) groups excluding carboxylic acids is 4. The Morgan fingerprint density at radius 2 is 1.64 bits per heavy atom. The highest BCUT2D eigenvalue weighted by molar-refractivity contribution is 7.86. The maximum Gasteiger partial charge on any atom is 0.408 e. The van der Waals surface area contributed by atoms with Gasteiger partial charge in [0, 0.05) is 12.5 Å². The molecule has 6 atom stereocenters. The van der Waals surface area contributed by atoms with Gasteiger partial charge in [-0.2, -0.15) is 8.42 Å². The van der Waals surface area contributed by atoms with Gasteiger partial charge in [0.2, 0.25) is 23.2 Å². The first-order valence-electron chi connectivity index (χ1n) is 16.2. The van der Waals surface area contributed by atoms with Crippen molar-refractivity contribution in [3.8, 4) is 0 Å². The summed E-state index contributed by atoms with van der Waals surface area (Å²) in [5.41, 5.74) is -2.36. The van der Waals surface area contributed by atoms with E-state index in [0.717, 1.165) is 37.7 Å². The molecule has 1 aromatic rings. The third-order valence-electron chi connectivity index (χ3n) is 8.38. The Balaban J connectivity index is 1.83. The summed E-state index contributed by atoms with van der Waals surface area (Å²) in [6, 6.07) is 4.95.